The lowest BCUT2D eigenvalue weighted by atomic mass is 10.2. The predicted molar refractivity (Wildman–Crippen MR) is 88.9 cm³/mol. The summed E-state index contributed by atoms with van der Waals surface area (Å²) in [6, 6.07) is 1.28. The molecule has 0 aliphatic heterocycles. The molecule has 0 bridgehead atoms. The van der Waals surface area contributed by atoms with Crippen LogP contribution in [-0.2, 0) is 13.6 Å². The van der Waals surface area contributed by atoms with Crippen LogP contribution in [0.1, 0.15) is 16.1 Å². The van der Waals surface area contributed by atoms with Gasteiger partial charge in [-0.25, -0.2) is 9.97 Å². The first kappa shape index (κ1) is 15.2. The van der Waals surface area contributed by atoms with Crippen LogP contribution in [0, 0.1) is 0 Å². The Bertz CT molecular complexity index is 923. The Hall–Kier alpha value is -2.68. The van der Waals surface area contributed by atoms with Crippen LogP contribution in [0.3, 0.4) is 0 Å². The third-order valence-electron chi connectivity index (χ3n) is 3.31. The fraction of sp³-hybridized carbons (Fsp3) is 0.286. The molecule has 0 saturated heterocycles. The maximum absolute atomic E-state index is 12.4. The maximum atomic E-state index is 12.4. The molecule has 8 nitrogen and oxygen atoms in total. The van der Waals surface area contributed by atoms with E-state index in [1.54, 1.807) is 17.9 Å². The van der Waals surface area contributed by atoms with E-state index in [1.165, 1.54) is 17.4 Å². The Morgan fingerprint density at radius 2 is 2.26 bits per heavy atom. The molecule has 3 rings (SSSR count). The number of rotatable bonds is 4. The molecule has 2 N–H and O–H groups in total. The summed E-state index contributed by atoms with van der Waals surface area (Å²) in [4.78, 5) is 37.1. The quantitative estimate of drug-likeness (QED) is 0.734. The number of pyridine rings is 1. The second-order valence-corrected chi connectivity index (χ2v) is 6.14. The lowest BCUT2D eigenvalue weighted by molar-refractivity contribution is 0.0951. The number of aromatic nitrogens is 4. The number of hydrogen-bond donors (Lipinski definition) is 2. The number of aromatic amines is 1. The van der Waals surface area contributed by atoms with Crippen LogP contribution < -0.4 is 15.8 Å². The van der Waals surface area contributed by atoms with Crippen LogP contribution in [0.25, 0.3) is 11.2 Å². The van der Waals surface area contributed by atoms with Crippen molar-refractivity contribution in [1.82, 2.24) is 24.8 Å². The molecule has 0 aliphatic carbocycles. The van der Waals surface area contributed by atoms with Gasteiger partial charge in [0.2, 0.25) is 5.56 Å². The van der Waals surface area contributed by atoms with E-state index in [0.29, 0.717) is 23.3 Å². The van der Waals surface area contributed by atoms with E-state index in [4.69, 9.17) is 0 Å². The SMILES string of the molecule is CN(C)c1nc(CNC(=O)c2cc(=O)[nH]c3ncn(C)c23)cs1. The number of imidazole rings is 1. The van der Waals surface area contributed by atoms with E-state index in [0.717, 1.165) is 10.8 Å². The van der Waals surface area contributed by atoms with E-state index < -0.39 is 0 Å². The molecule has 0 unspecified atom stereocenters. The lowest BCUT2D eigenvalue weighted by Crippen LogP contribution is -2.25. The van der Waals surface area contributed by atoms with E-state index in [2.05, 4.69) is 20.3 Å². The first-order chi connectivity index (χ1) is 11.0. The molecule has 3 heterocycles. The molecule has 9 heteroatoms. The van der Waals surface area contributed by atoms with Gasteiger partial charge in [0.1, 0.15) is 0 Å². The zero-order valence-corrected chi connectivity index (χ0v) is 13.8. The monoisotopic (exact) mass is 332 g/mol. The molecule has 120 valence electrons. The molecule has 0 fully saturated rings. The van der Waals surface area contributed by atoms with Crippen molar-refractivity contribution in [2.75, 3.05) is 19.0 Å². The number of H-pyrrole nitrogens is 1. The van der Waals surface area contributed by atoms with Crippen LogP contribution in [-0.4, -0.2) is 39.5 Å². The Morgan fingerprint density at radius 1 is 1.48 bits per heavy atom. The van der Waals surface area contributed by atoms with Crippen molar-refractivity contribution < 1.29 is 4.79 Å². The molecule has 3 aromatic rings. The number of nitrogens with one attached hydrogen (secondary N) is 2. The molecular formula is C14H16N6O2S. The van der Waals surface area contributed by atoms with Crippen molar-refractivity contribution in [2.45, 2.75) is 6.54 Å². The molecule has 23 heavy (non-hydrogen) atoms. The number of hydrogen-bond acceptors (Lipinski definition) is 6. The third kappa shape index (κ3) is 2.95. The minimum absolute atomic E-state index is 0.298. The smallest absolute Gasteiger partial charge is 0.254 e. The maximum Gasteiger partial charge on any atom is 0.254 e. The largest absolute Gasteiger partial charge is 0.354 e. The molecule has 0 radical (unpaired) electrons. The fourth-order valence-electron chi connectivity index (χ4n) is 2.21. The topological polar surface area (TPSA) is 95.9 Å². The molecule has 1 amide bonds. The molecule has 0 aliphatic rings. The predicted octanol–water partition coefficient (Wildman–Crippen LogP) is 0.714. The number of carbonyl (C=O) groups is 1. The highest BCUT2D eigenvalue weighted by molar-refractivity contribution is 7.13. The van der Waals surface area contributed by atoms with Crippen molar-refractivity contribution in [3.63, 3.8) is 0 Å². The molecule has 0 atom stereocenters. The van der Waals surface area contributed by atoms with Crippen molar-refractivity contribution in [3.8, 4) is 0 Å². The van der Waals surface area contributed by atoms with Crippen LogP contribution in [0.2, 0.25) is 0 Å². The summed E-state index contributed by atoms with van der Waals surface area (Å²) in [6.07, 6.45) is 1.56. The average molecular weight is 332 g/mol. The van der Waals surface area contributed by atoms with Gasteiger partial charge in [0.15, 0.2) is 10.8 Å². The van der Waals surface area contributed by atoms with Gasteiger partial charge in [-0.05, 0) is 0 Å². The molecule has 0 saturated carbocycles. The molecule has 3 aromatic heterocycles. The van der Waals surface area contributed by atoms with Gasteiger partial charge in [-0.1, -0.05) is 0 Å². The van der Waals surface area contributed by atoms with Crippen LogP contribution >= 0.6 is 11.3 Å². The zero-order chi connectivity index (χ0) is 16.6. The summed E-state index contributed by atoms with van der Waals surface area (Å²) in [5.74, 6) is -0.330. The minimum atomic E-state index is -0.357. The normalized spacial score (nSPS) is 10.9. The summed E-state index contributed by atoms with van der Waals surface area (Å²) >= 11 is 1.51. The highest BCUT2D eigenvalue weighted by atomic mass is 32.1. The van der Waals surface area contributed by atoms with Gasteiger partial charge in [0, 0.05) is 32.6 Å². The van der Waals surface area contributed by atoms with Gasteiger partial charge >= 0.3 is 0 Å². The molecular weight excluding hydrogens is 316 g/mol. The van der Waals surface area contributed by atoms with Crippen molar-refractivity contribution in [3.05, 3.63) is 39.4 Å². The Balaban J connectivity index is 1.83. The van der Waals surface area contributed by atoms with Gasteiger partial charge in [0.25, 0.3) is 5.91 Å². The average Bonchev–Trinajstić information content (AvgIpc) is 3.11. The van der Waals surface area contributed by atoms with Crippen molar-refractivity contribution in [1.29, 1.82) is 0 Å². The number of carbonyl (C=O) groups excluding carboxylic acids is 1. The van der Waals surface area contributed by atoms with Gasteiger partial charge in [0.05, 0.1) is 29.6 Å². The number of fused-ring (bicyclic) bond motifs is 1. The number of nitrogens with zero attached hydrogens (tertiary/aromatic N) is 4. The van der Waals surface area contributed by atoms with E-state index in [9.17, 15) is 9.59 Å². The summed E-state index contributed by atoms with van der Waals surface area (Å²) in [6.45, 7) is 0.301. The molecule has 0 aromatic carbocycles. The number of aryl methyl sites for hydroxylation is 1. The molecule has 0 spiro atoms. The van der Waals surface area contributed by atoms with Crippen LogP contribution in [0.4, 0.5) is 5.13 Å². The van der Waals surface area contributed by atoms with Gasteiger partial charge < -0.3 is 19.8 Å². The minimum Gasteiger partial charge on any atom is -0.354 e. The van der Waals surface area contributed by atoms with Gasteiger partial charge in [-0.15, -0.1) is 11.3 Å². The van der Waals surface area contributed by atoms with E-state index in [1.807, 2.05) is 24.4 Å². The first-order valence-electron chi connectivity index (χ1n) is 6.90. The fourth-order valence-corrected chi connectivity index (χ4v) is 2.97. The lowest BCUT2D eigenvalue weighted by Gasteiger charge is -2.07. The number of amides is 1. The Kier molecular flexibility index (Phi) is 3.87. The highest BCUT2D eigenvalue weighted by Crippen LogP contribution is 2.18. The zero-order valence-electron chi connectivity index (χ0n) is 13.0. The van der Waals surface area contributed by atoms with Gasteiger partial charge in [-0.3, -0.25) is 9.59 Å². The van der Waals surface area contributed by atoms with Crippen molar-refractivity contribution in [2.24, 2.45) is 7.05 Å². The van der Waals surface area contributed by atoms with E-state index >= 15 is 0 Å². The van der Waals surface area contributed by atoms with Gasteiger partial charge in [-0.2, -0.15) is 0 Å². The highest BCUT2D eigenvalue weighted by Gasteiger charge is 2.15. The summed E-state index contributed by atoms with van der Waals surface area (Å²) in [5.41, 5.74) is 1.71. The van der Waals surface area contributed by atoms with Crippen LogP contribution in [0.5, 0.6) is 0 Å². The van der Waals surface area contributed by atoms with Crippen LogP contribution in [0.15, 0.2) is 22.6 Å². The summed E-state index contributed by atoms with van der Waals surface area (Å²) in [5, 5.41) is 5.57. The second kappa shape index (κ2) is 5.84. The Morgan fingerprint density at radius 3 is 2.96 bits per heavy atom. The summed E-state index contributed by atoms with van der Waals surface area (Å²) in [7, 11) is 5.60. The van der Waals surface area contributed by atoms with Crippen molar-refractivity contribution >= 4 is 33.5 Å². The number of anilines is 1. The standard InChI is InChI=1S/C14H16N6O2S/c1-19(2)14-17-8(6-23-14)5-15-13(22)9-4-10(21)18-12-11(9)20(3)7-16-12/h4,6-7H,5H2,1-3H3,(H,15,22)(H,18,21). The number of thiazole rings is 1. The summed E-state index contributed by atoms with van der Waals surface area (Å²) < 4.78 is 1.70. The first-order valence-corrected chi connectivity index (χ1v) is 7.78. The second-order valence-electron chi connectivity index (χ2n) is 5.30. The van der Waals surface area contributed by atoms with E-state index in [-0.39, 0.29) is 11.5 Å². The Labute approximate surface area is 135 Å². The third-order valence-corrected chi connectivity index (χ3v) is 4.36.